The summed E-state index contributed by atoms with van der Waals surface area (Å²) in [6.07, 6.45) is 5.67. The smallest absolute Gasteiger partial charge is 0.312 e. The fourth-order valence-electron chi connectivity index (χ4n) is 6.20. The van der Waals surface area contributed by atoms with Crippen LogP contribution < -0.4 is 0 Å². The van der Waals surface area contributed by atoms with Gasteiger partial charge in [-0.15, -0.1) is 13.2 Å². The number of hydrogen-bond acceptors (Lipinski definition) is 6. The highest BCUT2D eigenvalue weighted by Gasteiger charge is 2.80. The van der Waals surface area contributed by atoms with E-state index in [1.165, 1.54) is 4.90 Å². The Balaban J connectivity index is 2.02. The summed E-state index contributed by atoms with van der Waals surface area (Å²) >= 11 is 0. The third-order valence-electron chi connectivity index (χ3n) is 7.89. The third-order valence-corrected chi connectivity index (χ3v) is 7.89. The molecule has 6 atom stereocenters. The largest absolute Gasteiger partial charge is 0.465 e. The van der Waals surface area contributed by atoms with Crippen LogP contribution in [0.2, 0.25) is 0 Å². The van der Waals surface area contributed by atoms with Crippen molar-refractivity contribution in [3.05, 3.63) is 25.3 Å². The van der Waals surface area contributed by atoms with Gasteiger partial charge in [0.2, 0.25) is 11.8 Å². The van der Waals surface area contributed by atoms with Gasteiger partial charge in [0.15, 0.2) is 0 Å². The van der Waals surface area contributed by atoms with Crippen LogP contribution in [0.4, 0.5) is 0 Å². The Labute approximate surface area is 202 Å². The minimum absolute atomic E-state index is 0.0396. The summed E-state index contributed by atoms with van der Waals surface area (Å²) in [5, 5.41) is 9.46. The Bertz CT molecular complexity index is 828. The van der Waals surface area contributed by atoms with Crippen molar-refractivity contribution in [2.24, 2.45) is 17.8 Å². The maximum Gasteiger partial charge on any atom is 0.312 e. The molecule has 2 bridgehead atoms. The van der Waals surface area contributed by atoms with E-state index in [0.717, 1.165) is 6.42 Å². The molecule has 3 saturated heterocycles. The van der Waals surface area contributed by atoms with Gasteiger partial charge < -0.3 is 24.4 Å². The van der Waals surface area contributed by atoms with Crippen LogP contribution in [-0.4, -0.2) is 82.3 Å². The molecule has 0 aromatic carbocycles. The van der Waals surface area contributed by atoms with Gasteiger partial charge in [-0.25, -0.2) is 0 Å². The van der Waals surface area contributed by atoms with E-state index in [1.807, 2.05) is 27.7 Å². The summed E-state index contributed by atoms with van der Waals surface area (Å²) in [7, 11) is 0. The molecule has 8 heteroatoms. The average Bonchev–Trinajstić information content (AvgIpc) is 3.29. The number of fused-ring (bicyclic) bond motifs is 1. The lowest BCUT2D eigenvalue weighted by atomic mass is 9.62. The molecule has 2 amide bonds. The molecule has 3 heterocycles. The summed E-state index contributed by atoms with van der Waals surface area (Å²) in [4.78, 5) is 44.4. The minimum Gasteiger partial charge on any atom is -0.465 e. The predicted octanol–water partition coefficient (Wildman–Crippen LogP) is 2.31. The molecule has 0 aromatic heterocycles. The van der Waals surface area contributed by atoms with Gasteiger partial charge in [-0.05, 0) is 52.4 Å². The standard InChI is InChI=1S/C26H40N2O6/c1-7-9-10-15-33-24(32)20-19-22(30)28(13-11-14-29)21(23(31)27(12-8-2)17(3)4)26(19)16-18(5)25(20,6)34-26/h7-8,17-21,29H,1-2,9-16H2,3-6H3/t18?,19-,20-,21?,25+,26?/m0/s1. The fraction of sp³-hybridized carbons (Fsp3) is 0.731. The second kappa shape index (κ2) is 10.2. The lowest BCUT2D eigenvalue weighted by Crippen LogP contribution is -2.57. The molecule has 0 radical (unpaired) electrons. The number of rotatable bonds is 12. The lowest BCUT2D eigenvalue weighted by Gasteiger charge is -2.38. The number of ether oxygens (including phenoxy) is 2. The van der Waals surface area contributed by atoms with Crippen molar-refractivity contribution in [1.82, 2.24) is 9.80 Å². The monoisotopic (exact) mass is 476 g/mol. The van der Waals surface area contributed by atoms with Gasteiger partial charge >= 0.3 is 5.97 Å². The lowest BCUT2D eigenvalue weighted by molar-refractivity contribution is -0.162. The highest BCUT2D eigenvalue weighted by atomic mass is 16.6. The van der Waals surface area contributed by atoms with Gasteiger partial charge in [-0.2, -0.15) is 0 Å². The van der Waals surface area contributed by atoms with E-state index in [1.54, 1.807) is 17.1 Å². The molecule has 3 fully saturated rings. The van der Waals surface area contributed by atoms with E-state index in [9.17, 15) is 19.5 Å². The second-order valence-electron chi connectivity index (χ2n) is 10.3. The quantitative estimate of drug-likeness (QED) is 0.264. The third kappa shape index (κ3) is 4.09. The van der Waals surface area contributed by atoms with E-state index in [-0.39, 0.29) is 43.5 Å². The summed E-state index contributed by atoms with van der Waals surface area (Å²) in [6, 6.07) is -0.963. The first-order valence-electron chi connectivity index (χ1n) is 12.4. The molecule has 34 heavy (non-hydrogen) atoms. The molecule has 190 valence electrons. The molecule has 3 unspecified atom stereocenters. The van der Waals surface area contributed by atoms with E-state index in [2.05, 4.69) is 13.2 Å². The number of hydrogen-bond donors (Lipinski definition) is 1. The van der Waals surface area contributed by atoms with Gasteiger partial charge in [0.25, 0.3) is 0 Å². The van der Waals surface area contributed by atoms with Crippen LogP contribution >= 0.6 is 0 Å². The number of likely N-dealkylation sites (tertiary alicyclic amines) is 1. The van der Waals surface area contributed by atoms with Crippen molar-refractivity contribution in [3.8, 4) is 0 Å². The molecule has 3 aliphatic rings. The maximum absolute atomic E-state index is 14.0. The van der Waals surface area contributed by atoms with Crippen LogP contribution in [0.5, 0.6) is 0 Å². The Hall–Kier alpha value is -2.19. The number of amides is 2. The number of unbranched alkanes of at least 4 members (excludes halogenated alkanes) is 1. The fourth-order valence-corrected chi connectivity index (χ4v) is 6.20. The van der Waals surface area contributed by atoms with E-state index in [0.29, 0.717) is 25.8 Å². The Morgan fingerprint density at radius 1 is 1.32 bits per heavy atom. The van der Waals surface area contributed by atoms with Crippen LogP contribution in [0.3, 0.4) is 0 Å². The van der Waals surface area contributed by atoms with Crippen molar-refractivity contribution < 1.29 is 29.0 Å². The number of aliphatic hydroxyl groups is 1. The maximum atomic E-state index is 14.0. The van der Waals surface area contributed by atoms with Crippen LogP contribution in [0, 0.1) is 17.8 Å². The summed E-state index contributed by atoms with van der Waals surface area (Å²) in [5.74, 6) is -2.53. The molecular formula is C26H40N2O6. The SMILES string of the molecule is C=CCCCOC(=O)[C@@H]1[C@H]2C(=O)N(CCCO)C(C(=O)N(CC=C)C(C)C)C23CC(C)[C@@]1(C)O3. The first-order valence-corrected chi connectivity index (χ1v) is 12.4. The Kier molecular flexibility index (Phi) is 7.92. The first-order chi connectivity index (χ1) is 16.1. The van der Waals surface area contributed by atoms with Crippen LogP contribution in [0.15, 0.2) is 25.3 Å². The van der Waals surface area contributed by atoms with E-state index >= 15 is 0 Å². The number of carbonyl (C=O) groups is 3. The summed E-state index contributed by atoms with van der Waals surface area (Å²) in [6.45, 7) is 15.9. The Morgan fingerprint density at radius 2 is 2.03 bits per heavy atom. The molecule has 8 nitrogen and oxygen atoms in total. The first kappa shape index (κ1) is 26.4. The summed E-state index contributed by atoms with van der Waals surface area (Å²) < 4.78 is 12.2. The molecule has 3 aliphatic heterocycles. The van der Waals surface area contributed by atoms with E-state index in [4.69, 9.17) is 9.47 Å². The molecule has 0 aliphatic carbocycles. The minimum atomic E-state index is -1.10. The van der Waals surface area contributed by atoms with Gasteiger partial charge in [0, 0.05) is 25.7 Å². The van der Waals surface area contributed by atoms with Crippen molar-refractivity contribution in [2.45, 2.75) is 76.7 Å². The Morgan fingerprint density at radius 3 is 2.62 bits per heavy atom. The molecule has 0 aromatic rings. The van der Waals surface area contributed by atoms with Crippen molar-refractivity contribution in [3.63, 3.8) is 0 Å². The zero-order chi connectivity index (χ0) is 25.3. The van der Waals surface area contributed by atoms with Crippen molar-refractivity contribution >= 4 is 17.8 Å². The molecule has 0 saturated carbocycles. The summed E-state index contributed by atoms with van der Waals surface area (Å²) in [5.41, 5.74) is -1.99. The van der Waals surface area contributed by atoms with Crippen LogP contribution in [0.1, 0.15) is 53.4 Å². The van der Waals surface area contributed by atoms with Crippen LogP contribution in [0.25, 0.3) is 0 Å². The topological polar surface area (TPSA) is 96.4 Å². The van der Waals surface area contributed by atoms with Gasteiger partial charge in [0.1, 0.15) is 17.6 Å². The number of aliphatic hydroxyl groups excluding tert-OH is 1. The normalized spacial score (nSPS) is 33.8. The zero-order valence-corrected chi connectivity index (χ0v) is 21.0. The van der Waals surface area contributed by atoms with Crippen molar-refractivity contribution in [1.29, 1.82) is 0 Å². The molecule has 1 spiro atoms. The number of carbonyl (C=O) groups excluding carboxylic acids is 3. The zero-order valence-electron chi connectivity index (χ0n) is 21.0. The second-order valence-corrected chi connectivity index (χ2v) is 10.3. The van der Waals surface area contributed by atoms with Crippen LogP contribution in [-0.2, 0) is 23.9 Å². The van der Waals surface area contributed by atoms with Gasteiger partial charge in [-0.3, -0.25) is 14.4 Å². The highest BCUT2D eigenvalue weighted by molar-refractivity contribution is 5.98. The molecule has 3 rings (SSSR count). The van der Waals surface area contributed by atoms with E-state index < -0.39 is 35.0 Å². The van der Waals surface area contributed by atoms with Gasteiger partial charge in [-0.1, -0.05) is 19.1 Å². The highest BCUT2D eigenvalue weighted by Crippen LogP contribution is 2.65. The van der Waals surface area contributed by atoms with Crippen molar-refractivity contribution in [2.75, 3.05) is 26.3 Å². The number of allylic oxidation sites excluding steroid dienone is 1. The number of nitrogens with zero attached hydrogens (tertiary/aromatic N) is 2. The van der Waals surface area contributed by atoms with Gasteiger partial charge in [0.05, 0.1) is 18.1 Å². The molecular weight excluding hydrogens is 436 g/mol. The predicted molar refractivity (Wildman–Crippen MR) is 128 cm³/mol. The molecule has 1 N–H and O–H groups in total. The number of esters is 1. The average molecular weight is 477 g/mol.